The Bertz CT molecular complexity index is 1110. The minimum absolute atomic E-state index is 0.263. The first-order chi connectivity index (χ1) is 14.2. The lowest BCUT2D eigenvalue weighted by Crippen LogP contribution is -1.97. The van der Waals surface area contributed by atoms with Crippen molar-refractivity contribution in [2.45, 2.75) is 18.7 Å². The van der Waals surface area contributed by atoms with E-state index in [2.05, 4.69) is 15.3 Å². The van der Waals surface area contributed by atoms with Gasteiger partial charge in [0.15, 0.2) is 5.76 Å². The number of rotatable bonds is 7. The molecule has 0 amide bonds. The number of nitrogens with zero attached hydrogens (tertiary/aromatic N) is 4. The highest BCUT2D eigenvalue weighted by Crippen LogP contribution is 2.29. The molecule has 0 fully saturated rings. The van der Waals surface area contributed by atoms with E-state index in [-0.39, 0.29) is 6.61 Å². The Labute approximate surface area is 176 Å². The SMILES string of the molecule is CSc1nnc(-c2ccco2)n1N=Cc1ccc(COc2c(C)cccc2Cl)o1. The number of aryl methyl sites for hydroxylation is 1. The number of thioether (sulfide) groups is 1. The third-order valence-electron chi connectivity index (χ3n) is 4.04. The molecule has 0 spiro atoms. The Morgan fingerprint density at radius 3 is 2.86 bits per heavy atom. The third kappa shape index (κ3) is 4.23. The molecule has 1 aromatic carbocycles. The highest BCUT2D eigenvalue weighted by atomic mass is 35.5. The Kier molecular flexibility index (Phi) is 5.73. The molecule has 3 aromatic heterocycles. The quantitative estimate of drug-likeness (QED) is 0.294. The van der Waals surface area contributed by atoms with Gasteiger partial charge in [0.25, 0.3) is 0 Å². The number of benzene rings is 1. The minimum Gasteiger partial charge on any atom is -0.484 e. The molecule has 9 heteroatoms. The first kappa shape index (κ1) is 19.4. The third-order valence-corrected chi connectivity index (χ3v) is 4.96. The van der Waals surface area contributed by atoms with E-state index in [9.17, 15) is 0 Å². The molecule has 3 heterocycles. The van der Waals surface area contributed by atoms with Crippen molar-refractivity contribution in [3.63, 3.8) is 0 Å². The van der Waals surface area contributed by atoms with Gasteiger partial charge in [-0.2, -0.15) is 9.78 Å². The lowest BCUT2D eigenvalue weighted by molar-refractivity contribution is 0.268. The van der Waals surface area contributed by atoms with E-state index >= 15 is 0 Å². The van der Waals surface area contributed by atoms with Crippen molar-refractivity contribution < 1.29 is 13.6 Å². The molecule has 0 unspecified atom stereocenters. The number of halogens is 1. The number of hydrogen-bond donors (Lipinski definition) is 0. The van der Waals surface area contributed by atoms with Crippen molar-refractivity contribution in [1.29, 1.82) is 0 Å². The zero-order valence-corrected chi connectivity index (χ0v) is 17.3. The van der Waals surface area contributed by atoms with Crippen LogP contribution in [0.15, 0.2) is 67.8 Å². The van der Waals surface area contributed by atoms with E-state index in [1.54, 1.807) is 35.4 Å². The number of ether oxygens (including phenoxy) is 1. The molecule has 148 valence electrons. The van der Waals surface area contributed by atoms with Gasteiger partial charge in [-0.3, -0.25) is 0 Å². The largest absolute Gasteiger partial charge is 0.484 e. The molecule has 4 rings (SSSR count). The smallest absolute Gasteiger partial charge is 0.221 e. The first-order valence-electron chi connectivity index (χ1n) is 8.70. The van der Waals surface area contributed by atoms with Crippen LogP contribution < -0.4 is 4.74 Å². The summed E-state index contributed by atoms with van der Waals surface area (Å²) in [6.07, 6.45) is 5.08. The standard InChI is InChI=1S/C20H17ClN4O3S/c1-13-5-3-6-16(21)18(13)27-12-15-9-8-14(28-15)11-22-25-19(17-7-4-10-26-17)23-24-20(25)29-2/h3-11H,12H2,1-2H3. The summed E-state index contributed by atoms with van der Waals surface area (Å²) in [4.78, 5) is 0. The first-order valence-corrected chi connectivity index (χ1v) is 10.3. The van der Waals surface area contributed by atoms with Crippen molar-refractivity contribution in [1.82, 2.24) is 14.9 Å². The van der Waals surface area contributed by atoms with E-state index < -0.39 is 0 Å². The van der Waals surface area contributed by atoms with Crippen LogP contribution in [0.25, 0.3) is 11.6 Å². The monoisotopic (exact) mass is 428 g/mol. The molecule has 29 heavy (non-hydrogen) atoms. The van der Waals surface area contributed by atoms with Crippen LogP contribution in [0, 0.1) is 6.92 Å². The summed E-state index contributed by atoms with van der Waals surface area (Å²) in [7, 11) is 0. The van der Waals surface area contributed by atoms with Gasteiger partial charge in [-0.1, -0.05) is 35.5 Å². The molecule has 0 radical (unpaired) electrons. The summed E-state index contributed by atoms with van der Waals surface area (Å²) in [5.74, 6) is 2.98. The molecule has 7 nitrogen and oxygen atoms in total. The Hall–Kier alpha value is -2.97. The second-order valence-electron chi connectivity index (χ2n) is 6.02. The van der Waals surface area contributed by atoms with Crippen LogP contribution >= 0.6 is 23.4 Å². The van der Waals surface area contributed by atoms with E-state index in [0.717, 1.165) is 5.56 Å². The van der Waals surface area contributed by atoms with Gasteiger partial charge in [-0.25, -0.2) is 0 Å². The van der Waals surface area contributed by atoms with Gasteiger partial charge < -0.3 is 13.6 Å². The summed E-state index contributed by atoms with van der Waals surface area (Å²) in [5.41, 5.74) is 0.966. The van der Waals surface area contributed by atoms with Crippen molar-refractivity contribution in [2.24, 2.45) is 5.10 Å². The van der Waals surface area contributed by atoms with Crippen LogP contribution in [0.2, 0.25) is 5.02 Å². The van der Waals surface area contributed by atoms with Crippen molar-refractivity contribution in [3.05, 3.63) is 70.8 Å². The van der Waals surface area contributed by atoms with Crippen molar-refractivity contribution >= 4 is 29.6 Å². The zero-order valence-electron chi connectivity index (χ0n) is 15.7. The molecule has 0 N–H and O–H groups in total. The number of aromatic nitrogens is 3. The van der Waals surface area contributed by atoms with Crippen molar-refractivity contribution in [3.8, 4) is 17.3 Å². The fourth-order valence-electron chi connectivity index (χ4n) is 2.66. The summed E-state index contributed by atoms with van der Waals surface area (Å²) >= 11 is 7.63. The minimum atomic E-state index is 0.263. The summed E-state index contributed by atoms with van der Waals surface area (Å²) < 4.78 is 18.6. The lowest BCUT2D eigenvalue weighted by Gasteiger charge is -2.09. The number of furan rings is 2. The van der Waals surface area contributed by atoms with E-state index in [0.29, 0.717) is 39.0 Å². The molecular formula is C20H17ClN4O3S. The fourth-order valence-corrected chi connectivity index (χ4v) is 3.36. The van der Waals surface area contributed by atoms with Crippen LogP contribution in [0.4, 0.5) is 0 Å². The van der Waals surface area contributed by atoms with Gasteiger partial charge >= 0.3 is 0 Å². The lowest BCUT2D eigenvalue weighted by atomic mass is 10.2. The Balaban J connectivity index is 1.50. The maximum Gasteiger partial charge on any atom is 0.221 e. The molecule has 0 atom stereocenters. The van der Waals surface area contributed by atoms with Crippen LogP contribution in [0.1, 0.15) is 17.1 Å². The molecule has 4 aromatic rings. The average Bonchev–Trinajstić information content (AvgIpc) is 3.46. The van der Waals surface area contributed by atoms with E-state index in [4.69, 9.17) is 25.2 Å². The zero-order chi connectivity index (χ0) is 20.2. The number of para-hydroxylation sites is 1. The molecule has 0 bridgehead atoms. The second-order valence-corrected chi connectivity index (χ2v) is 7.20. The highest BCUT2D eigenvalue weighted by molar-refractivity contribution is 7.98. The van der Waals surface area contributed by atoms with E-state index in [1.165, 1.54) is 11.8 Å². The molecule has 0 aliphatic heterocycles. The maximum atomic E-state index is 6.19. The van der Waals surface area contributed by atoms with Gasteiger partial charge in [0.1, 0.15) is 23.9 Å². The molecule has 0 aliphatic rings. The topological polar surface area (TPSA) is 78.6 Å². The van der Waals surface area contributed by atoms with Gasteiger partial charge in [-0.05, 0) is 49.1 Å². The van der Waals surface area contributed by atoms with Crippen molar-refractivity contribution in [2.75, 3.05) is 6.26 Å². The highest BCUT2D eigenvalue weighted by Gasteiger charge is 2.15. The number of hydrogen-bond acceptors (Lipinski definition) is 7. The van der Waals surface area contributed by atoms with Crippen LogP contribution in [-0.4, -0.2) is 27.3 Å². The van der Waals surface area contributed by atoms with Crippen LogP contribution in [0.5, 0.6) is 5.75 Å². The van der Waals surface area contributed by atoms with Gasteiger partial charge in [-0.15, -0.1) is 10.2 Å². The summed E-state index contributed by atoms with van der Waals surface area (Å²) in [5, 5.41) is 13.9. The summed E-state index contributed by atoms with van der Waals surface area (Å²) in [6, 6.07) is 12.9. The van der Waals surface area contributed by atoms with Gasteiger partial charge in [0.05, 0.1) is 17.5 Å². The summed E-state index contributed by atoms with van der Waals surface area (Å²) in [6.45, 7) is 2.21. The van der Waals surface area contributed by atoms with Gasteiger partial charge in [0.2, 0.25) is 11.0 Å². The predicted octanol–water partition coefficient (Wildman–Crippen LogP) is 5.28. The van der Waals surface area contributed by atoms with Crippen LogP contribution in [-0.2, 0) is 6.61 Å². The average molecular weight is 429 g/mol. The normalized spacial score (nSPS) is 11.4. The van der Waals surface area contributed by atoms with Crippen LogP contribution in [0.3, 0.4) is 0 Å². The molecular weight excluding hydrogens is 412 g/mol. The Morgan fingerprint density at radius 2 is 2.10 bits per heavy atom. The van der Waals surface area contributed by atoms with Gasteiger partial charge in [0, 0.05) is 0 Å². The predicted molar refractivity (Wildman–Crippen MR) is 112 cm³/mol. The fraction of sp³-hybridized carbons (Fsp3) is 0.150. The Morgan fingerprint density at radius 1 is 1.21 bits per heavy atom. The van der Waals surface area contributed by atoms with E-state index in [1.807, 2.05) is 37.4 Å². The maximum absolute atomic E-state index is 6.19. The second kappa shape index (κ2) is 8.59. The molecule has 0 saturated heterocycles. The molecule has 0 aliphatic carbocycles. The molecule has 0 saturated carbocycles.